The monoisotopic (exact) mass is 236 g/mol. The van der Waals surface area contributed by atoms with Gasteiger partial charge < -0.3 is 14.8 Å². The molecule has 0 amide bonds. The van der Waals surface area contributed by atoms with E-state index in [1.807, 2.05) is 12.1 Å². The second-order valence-electron chi connectivity index (χ2n) is 4.23. The number of pyridine rings is 1. The zero-order chi connectivity index (χ0) is 11.9. The predicted octanol–water partition coefficient (Wildman–Crippen LogP) is 2.46. The molecule has 0 aromatic carbocycles. The van der Waals surface area contributed by atoms with Gasteiger partial charge in [0.05, 0.1) is 13.2 Å². The number of aromatic nitrogens is 1. The Labute approximate surface area is 102 Å². The van der Waals surface area contributed by atoms with Crippen molar-refractivity contribution in [2.75, 3.05) is 25.1 Å². The zero-order valence-electron chi connectivity index (χ0n) is 10.3. The van der Waals surface area contributed by atoms with E-state index in [4.69, 9.17) is 9.47 Å². The minimum absolute atomic E-state index is 0.283. The topological polar surface area (TPSA) is 43.4 Å². The van der Waals surface area contributed by atoms with Crippen LogP contribution in [0.3, 0.4) is 0 Å². The van der Waals surface area contributed by atoms with Crippen LogP contribution in [0.4, 0.5) is 5.82 Å². The molecular weight excluding hydrogens is 216 g/mol. The van der Waals surface area contributed by atoms with Gasteiger partial charge in [0.2, 0.25) is 0 Å². The van der Waals surface area contributed by atoms with Crippen molar-refractivity contribution in [1.29, 1.82) is 0 Å². The smallest absolute Gasteiger partial charge is 0.129 e. The Morgan fingerprint density at radius 1 is 1.47 bits per heavy atom. The first-order valence-corrected chi connectivity index (χ1v) is 6.33. The van der Waals surface area contributed by atoms with Gasteiger partial charge in [0.25, 0.3) is 0 Å². The van der Waals surface area contributed by atoms with Gasteiger partial charge in [-0.3, -0.25) is 0 Å². The molecule has 0 aliphatic carbocycles. The molecule has 1 aromatic rings. The standard InChI is InChI=1S/C13H20N2O2/c1-2-6-14-13-10-12(3-7-15-13)17-11-4-8-16-9-5-11/h3,7,10-11H,2,4-6,8-9H2,1H3,(H,14,15). The van der Waals surface area contributed by atoms with Gasteiger partial charge in [0, 0.05) is 31.6 Å². The molecule has 0 saturated carbocycles. The molecule has 1 saturated heterocycles. The quantitative estimate of drug-likeness (QED) is 0.853. The number of nitrogens with one attached hydrogen (secondary N) is 1. The van der Waals surface area contributed by atoms with Crippen LogP contribution in [0.1, 0.15) is 26.2 Å². The van der Waals surface area contributed by atoms with Crippen LogP contribution in [0.25, 0.3) is 0 Å². The number of anilines is 1. The van der Waals surface area contributed by atoms with Gasteiger partial charge in [0.15, 0.2) is 0 Å². The van der Waals surface area contributed by atoms with Crippen LogP contribution in [0.5, 0.6) is 5.75 Å². The normalized spacial score (nSPS) is 16.8. The summed E-state index contributed by atoms with van der Waals surface area (Å²) in [5.41, 5.74) is 0. The Hall–Kier alpha value is -1.29. The van der Waals surface area contributed by atoms with E-state index in [0.717, 1.165) is 50.6 Å². The third-order valence-electron chi connectivity index (χ3n) is 2.76. The van der Waals surface area contributed by atoms with Crippen molar-refractivity contribution in [2.45, 2.75) is 32.3 Å². The predicted molar refractivity (Wildman–Crippen MR) is 67.5 cm³/mol. The van der Waals surface area contributed by atoms with E-state index in [2.05, 4.69) is 17.2 Å². The van der Waals surface area contributed by atoms with Crippen molar-refractivity contribution in [3.8, 4) is 5.75 Å². The summed E-state index contributed by atoms with van der Waals surface area (Å²) in [6.07, 6.45) is 5.10. The molecule has 17 heavy (non-hydrogen) atoms. The Balaban J connectivity index is 1.90. The van der Waals surface area contributed by atoms with Gasteiger partial charge in [0.1, 0.15) is 17.7 Å². The van der Waals surface area contributed by atoms with Crippen LogP contribution >= 0.6 is 0 Å². The molecule has 2 rings (SSSR count). The molecule has 0 bridgehead atoms. The van der Waals surface area contributed by atoms with E-state index in [1.54, 1.807) is 6.20 Å². The summed E-state index contributed by atoms with van der Waals surface area (Å²) in [6.45, 7) is 4.68. The Morgan fingerprint density at radius 2 is 2.29 bits per heavy atom. The average molecular weight is 236 g/mol. The molecule has 0 atom stereocenters. The maximum absolute atomic E-state index is 5.92. The lowest BCUT2D eigenvalue weighted by Gasteiger charge is -2.23. The van der Waals surface area contributed by atoms with Crippen molar-refractivity contribution in [3.05, 3.63) is 18.3 Å². The van der Waals surface area contributed by atoms with E-state index in [-0.39, 0.29) is 6.10 Å². The van der Waals surface area contributed by atoms with Crippen LogP contribution < -0.4 is 10.1 Å². The molecule has 4 heteroatoms. The fourth-order valence-corrected chi connectivity index (χ4v) is 1.82. The summed E-state index contributed by atoms with van der Waals surface area (Å²) < 4.78 is 11.2. The SMILES string of the molecule is CCCNc1cc(OC2CCOCC2)ccn1. The van der Waals surface area contributed by atoms with Crippen molar-refractivity contribution in [2.24, 2.45) is 0 Å². The Bertz CT molecular complexity index is 338. The summed E-state index contributed by atoms with van der Waals surface area (Å²) in [5, 5.41) is 3.26. The fraction of sp³-hybridized carbons (Fsp3) is 0.615. The van der Waals surface area contributed by atoms with Gasteiger partial charge in [-0.2, -0.15) is 0 Å². The molecule has 0 unspecified atom stereocenters. The van der Waals surface area contributed by atoms with E-state index in [9.17, 15) is 0 Å². The minimum atomic E-state index is 0.283. The highest BCUT2D eigenvalue weighted by molar-refractivity contribution is 5.40. The number of ether oxygens (including phenoxy) is 2. The molecule has 1 aliphatic rings. The van der Waals surface area contributed by atoms with Crippen LogP contribution in [0.2, 0.25) is 0 Å². The van der Waals surface area contributed by atoms with Gasteiger partial charge in [-0.15, -0.1) is 0 Å². The highest BCUT2D eigenvalue weighted by Crippen LogP contribution is 2.19. The van der Waals surface area contributed by atoms with E-state index >= 15 is 0 Å². The third kappa shape index (κ3) is 3.89. The van der Waals surface area contributed by atoms with Gasteiger partial charge in [-0.25, -0.2) is 4.98 Å². The summed E-state index contributed by atoms with van der Waals surface area (Å²) in [7, 11) is 0. The van der Waals surface area contributed by atoms with Crippen molar-refractivity contribution < 1.29 is 9.47 Å². The second kappa shape index (κ2) is 6.45. The maximum Gasteiger partial charge on any atom is 0.129 e. The first-order chi connectivity index (χ1) is 8.38. The molecule has 0 radical (unpaired) electrons. The first kappa shape index (κ1) is 12.2. The molecule has 1 aromatic heterocycles. The summed E-state index contributed by atoms with van der Waals surface area (Å²) in [4.78, 5) is 4.25. The van der Waals surface area contributed by atoms with Crippen molar-refractivity contribution in [1.82, 2.24) is 4.98 Å². The van der Waals surface area contributed by atoms with Crippen LogP contribution in [0, 0.1) is 0 Å². The minimum Gasteiger partial charge on any atom is -0.490 e. The number of nitrogens with zero attached hydrogens (tertiary/aromatic N) is 1. The third-order valence-corrected chi connectivity index (χ3v) is 2.76. The largest absolute Gasteiger partial charge is 0.490 e. The molecule has 94 valence electrons. The average Bonchev–Trinajstić information content (AvgIpc) is 2.38. The molecule has 4 nitrogen and oxygen atoms in total. The Kier molecular flexibility index (Phi) is 4.62. The fourth-order valence-electron chi connectivity index (χ4n) is 1.82. The lowest BCUT2D eigenvalue weighted by molar-refractivity contribution is 0.0256. The van der Waals surface area contributed by atoms with Crippen LogP contribution in [-0.2, 0) is 4.74 Å². The van der Waals surface area contributed by atoms with E-state index in [1.165, 1.54) is 0 Å². The molecule has 1 fully saturated rings. The molecule has 1 N–H and O–H groups in total. The molecule has 0 spiro atoms. The number of hydrogen-bond acceptors (Lipinski definition) is 4. The highest BCUT2D eigenvalue weighted by Gasteiger charge is 2.15. The zero-order valence-corrected chi connectivity index (χ0v) is 10.3. The van der Waals surface area contributed by atoms with E-state index in [0.29, 0.717) is 0 Å². The maximum atomic E-state index is 5.92. The van der Waals surface area contributed by atoms with Gasteiger partial charge in [-0.1, -0.05) is 6.92 Å². The summed E-state index contributed by atoms with van der Waals surface area (Å²) in [6, 6.07) is 3.87. The second-order valence-corrected chi connectivity index (χ2v) is 4.23. The van der Waals surface area contributed by atoms with Gasteiger partial charge in [-0.05, 0) is 12.5 Å². The molecular formula is C13H20N2O2. The summed E-state index contributed by atoms with van der Waals surface area (Å²) in [5.74, 6) is 1.78. The molecule has 2 heterocycles. The lowest BCUT2D eigenvalue weighted by atomic mass is 10.1. The number of rotatable bonds is 5. The molecule has 1 aliphatic heterocycles. The first-order valence-electron chi connectivity index (χ1n) is 6.33. The van der Waals surface area contributed by atoms with Crippen molar-refractivity contribution in [3.63, 3.8) is 0 Å². The van der Waals surface area contributed by atoms with Crippen LogP contribution in [-0.4, -0.2) is 30.8 Å². The van der Waals surface area contributed by atoms with E-state index < -0.39 is 0 Å². The van der Waals surface area contributed by atoms with Crippen molar-refractivity contribution >= 4 is 5.82 Å². The highest BCUT2D eigenvalue weighted by atomic mass is 16.5. The van der Waals surface area contributed by atoms with Crippen LogP contribution in [0.15, 0.2) is 18.3 Å². The number of hydrogen-bond donors (Lipinski definition) is 1. The lowest BCUT2D eigenvalue weighted by Crippen LogP contribution is -2.25. The van der Waals surface area contributed by atoms with Gasteiger partial charge >= 0.3 is 0 Å². The summed E-state index contributed by atoms with van der Waals surface area (Å²) >= 11 is 0. The Morgan fingerprint density at radius 3 is 3.06 bits per heavy atom.